The number of nitrogens with zero attached hydrogens (tertiary/aromatic N) is 2. The maximum Gasteiger partial charge on any atom is 0.128 e. The molecule has 0 saturated carbocycles. The van der Waals surface area contributed by atoms with Gasteiger partial charge in [0, 0.05) is 19.3 Å². The zero-order valence-corrected chi connectivity index (χ0v) is 12.2. The molecule has 2 atom stereocenters. The Labute approximate surface area is 116 Å². The minimum atomic E-state index is -0.431. The Morgan fingerprint density at radius 3 is 2.84 bits per heavy atom. The molecule has 0 aliphatic carbocycles. The first-order valence-electron chi connectivity index (χ1n) is 7.59. The van der Waals surface area contributed by atoms with Crippen molar-refractivity contribution >= 4 is 5.82 Å². The first-order valence-corrected chi connectivity index (χ1v) is 7.59. The minimum Gasteiger partial charge on any atom is -0.389 e. The molecule has 1 unspecified atom stereocenters. The third kappa shape index (κ3) is 3.93. The van der Waals surface area contributed by atoms with Crippen molar-refractivity contribution in [3.63, 3.8) is 0 Å². The normalized spacial score (nSPS) is 22.1. The van der Waals surface area contributed by atoms with Crippen molar-refractivity contribution in [3.8, 4) is 0 Å². The molecular formula is C16H26N2O. The van der Waals surface area contributed by atoms with E-state index >= 15 is 0 Å². The van der Waals surface area contributed by atoms with E-state index in [0.717, 1.165) is 30.4 Å². The Hall–Kier alpha value is -1.09. The molecule has 3 heteroatoms. The smallest absolute Gasteiger partial charge is 0.128 e. The van der Waals surface area contributed by atoms with Crippen LogP contribution in [0.2, 0.25) is 0 Å². The maximum atomic E-state index is 9.51. The summed E-state index contributed by atoms with van der Waals surface area (Å²) in [6, 6.07) is 4.03. The van der Waals surface area contributed by atoms with Crippen molar-refractivity contribution < 1.29 is 5.11 Å². The quantitative estimate of drug-likeness (QED) is 0.901. The highest BCUT2D eigenvalue weighted by molar-refractivity contribution is 5.39. The predicted molar refractivity (Wildman–Crippen MR) is 79.3 cm³/mol. The van der Waals surface area contributed by atoms with Crippen LogP contribution in [0.1, 0.15) is 57.6 Å². The average molecular weight is 262 g/mol. The van der Waals surface area contributed by atoms with Gasteiger partial charge in [0.1, 0.15) is 5.82 Å². The van der Waals surface area contributed by atoms with E-state index in [0.29, 0.717) is 0 Å². The molecule has 19 heavy (non-hydrogen) atoms. The van der Waals surface area contributed by atoms with Crippen LogP contribution >= 0.6 is 0 Å². The summed E-state index contributed by atoms with van der Waals surface area (Å²) < 4.78 is 0. The van der Waals surface area contributed by atoms with Crippen LogP contribution in [-0.2, 0) is 0 Å². The Kier molecular flexibility index (Phi) is 5.20. The van der Waals surface area contributed by atoms with Crippen LogP contribution in [-0.4, -0.2) is 23.2 Å². The SMILES string of the molecule is CCCC1CCCN(c2ccc([C@@H](C)O)cn2)CC1. The van der Waals surface area contributed by atoms with E-state index in [9.17, 15) is 5.11 Å². The summed E-state index contributed by atoms with van der Waals surface area (Å²) in [4.78, 5) is 6.89. The summed E-state index contributed by atoms with van der Waals surface area (Å²) in [7, 11) is 0. The number of aliphatic hydroxyl groups is 1. The van der Waals surface area contributed by atoms with Gasteiger partial charge in [0.15, 0.2) is 0 Å². The van der Waals surface area contributed by atoms with Gasteiger partial charge in [-0.15, -0.1) is 0 Å². The first kappa shape index (κ1) is 14.3. The molecule has 1 aliphatic rings. The Bertz CT molecular complexity index is 375. The third-order valence-corrected chi connectivity index (χ3v) is 4.12. The van der Waals surface area contributed by atoms with Gasteiger partial charge in [-0.3, -0.25) is 0 Å². The van der Waals surface area contributed by atoms with E-state index in [2.05, 4.69) is 16.8 Å². The van der Waals surface area contributed by atoms with Gasteiger partial charge in [0.05, 0.1) is 6.10 Å². The molecule has 0 spiro atoms. The standard InChI is InChI=1S/C16H26N2O/c1-3-5-14-6-4-10-18(11-9-14)16-8-7-15(12-17-16)13(2)19/h7-8,12-14,19H,3-6,9-11H2,1-2H3/t13-,14?/m1/s1. The fraction of sp³-hybridized carbons (Fsp3) is 0.688. The number of rotatable bonds is 4. The van der Waals surface area contributed by atoms with E-state index in [1.54, 1.807) is 13.1 Å². The lowest BCUT2D eigenvalue weighted by molar-refractivity contribution is 0.199. The fourth-order valence-electron chi connectivity index (χ4n) is 2.92. The van der Waals surface area contributed by atoms with Crippen molar-refractivity contribution in [1.82, 2.24) is 4.98 Å². The van der Waals surface area contributed by atoms with Gasteiger partial charge in [-0.25, -0.2) is 4.98 Å². The van der Waals surface area contributed by atoms with E-state index < -0.39 is 6.10 Å². The average Bonchev–Trinajstić information content (AvgIpc) is 2.65. The van der Waals surface area contributed by atoms with Gasteiger partial charge in [0.2, 0.25) is 0 Å². The van der Waals surface area contributed by atoms with Crippen molar-refractivity contribution in [3.05, 3.63) is 23.9 Å². The van der Waals surface area contributed by atoms with Gasteiger partial charge in [-0.05, 0) is 43.7 Å². The van der Waals surface area contributed by atoms with Gasteiger partial charge >= 0.3 is 0 Å². The molecule has 1 aliphatic heterocycles. The highest BCUT2D eigenvalue weighted by Gasteiger charge is 2.17. The Morgan fingerprint density at radius 1 is 1.37 bits per heavy atom. The first-order chi connectivity index (χ1) is 9.20. The van der Waals surface area contributed by atoms with E-state index in [-0.39, 0.29) is 0 Å². The topological polar surface area (TPSA) is 36.4 Å². The van der Waals surface area contributed by atoms with E-state index in [4.69, 9.17) is 0 Å². The maximum absolute atomic E-state index is 9.51. The number of aliphatic hydroxyl groups excluding tert-OH is 1. The van der Waals surface area contributed by atoms with Crippen LogP contribution in [0.3, 0.4) is 0 Å². The van der Waals surface area contributed by atoms with Crippen LogP contribution in [0, 0.1) is 5.92 Å². The number of pyridine rings is 1. The number of hydrogen-bond donors (Lipinski definition) is 1. The van der Waals surface area contributed by atoms with Crippen molar-refractivity contribution in [2.75, 3.05) is 18.0 Å². The second-order valence-electron chi connectivity index (χ2n) is 5.70. The van der Waals surface area contributed by atoms with Crippen LogP contribution < -0.4 is 4.90 Å². The second kappa shape index (κ2) is 6.90. The van der Waals surface area contributed by atoms with Crippen LogP contribution in [0.25, 0.3) is 0 Å². The van der Waals surface area contributed by atoms with Crippen LogP contribution in [0.15, 0.2) is 18.3 Å². The zero-order chi connectivity index (χ0) is 13.7. The van der Waals surface area contributed by atoms with Crippen molar-refractivity contribution in [2.45, 2.75) is 52.1 Å². The van der Waals surface area contributed by atoms with Crippen LogP contribution in [0.5, 0.6) is 0 Å². The molecule has 1 fully saturated rings. The van der Waals surface area contributed by atoms with Gasteiger partial charge in [0.25, 0.3) is 0 Å². The molecule has 2 heterocycles. The molecule has 3 nitrogen and oxygen atoms in total. The van der Waals surface area contributed by atoms with E-state index in [1.807, 2.05) is 12.1 Å². The summed E-state index contributed by atoms with van der Waals surface area (Å²) >= 11 is 0. The summed E-state index contributed by atoms with van der Waals surface area (Å²) in [5.74, 6) is 1.95. The molecule has 106 valence electrons. The number of hydrogen-bond acceptors (Lipinski definition) is 3. The highest BCUT2D eigenvalue weighted by Crippen LogP contribution is 2.25. The fourth-order valence-corrected chi connectivity index (χ4v) is 2.92. The van der Waals surface area contributed by atoms with Gasteiger partial charge in [-0.1, -0.05) is 25.8 Å². The minimum absolute atomic E-state index is 0.431. The molecular weight excluding hydrogens is 236 g/mol. The monoisotopic (exact) mass is 262 g/mol. The molecule has 1 aromatic rings. The molecule has 0 bridgehead atoms. The number of aromatic nitrogens is 1. The summed E-state index contributed by atoms with van der Waals surface area (Å²) in [6.07, 6.45) is 7.94. The molecule has 2 rings (SSSR count). The lowest BCUT2D eigenvalue weighted by atomic mass is 9.96. The molecule has 1 aromatic heterocycles. The van der Waals surface area contributed by atoms with E-state index in [1.165, 1.54) is 32.1 Å². The highest BCUT2D eigenvalue weighted by atomic mass is 16.3. The summed E-state index contributed by atoms with van der Waals surface area (Å²) in [5, 5.41) is 9.51. The van der Waals surface area contributed by atoms with Crippen molar-refractivity contribution in [1.29, 1.82) is 0 Å². The Balaban J connectivity index is 1.97. The lowest BCUT2D eigenvalue weighted by Gasteiger charge is -2.22. The van der Waals surface area contributed by atoms with Gasteiger partial charge < -0.3 is 10.0 Å². The second-order valence-corrected chi connectivity index (χ2v) is 5.70. The lowest BCUT2D eigenvalue weighted by Crippen LogP contribution is -2.25. The molecule has 1 saturated heterocycles. The molecule has 0 amide bonds. The largest absolute Gasteiger partial charge is 0.389 e. The summed E-state index contributed by atoms with van der Waals surface area (Å²) in [5.41, 5.74) is 0.891. The third-order valence-electron chi connectivity index (χ3n) is 4.12. The predicted octanol–water partition coefficient (Wildman–Crippen LogP) is 3.54. The van der Waals surface area contributed by atoms with Crippen LogP contribution in [0.4, 0.5) is 5.82 Å². The van der Waals surface area contributed by atoms with Gasteiger partial charge in [-0.2, -0.15) is 0 Å². The van der Waals surface area contributed by atoms with Crippen molar-refractivity contribution in [2.24, 2.45) is 5.92 Å². The summed E-state index contributed by atoms with van der Waals surface area (Å²) in [6.45, 7) is 6.28. The Morgan fingerprint density at radius 2 is 2.21 bits per heavy atom. The zero-order valence-electron chi connectivity index (χ0n) is 12.2. The molecule has 0 radical (unpaired) electrons. The number of anilines is 1. The molecule has 0 aromatic carbocycles. The molecule has 1 N–H and O–H groups in total.